The zero-order chi connectivity index (χ0) is 22.0. The van der Waals surface area contributed by atoms with Gasteiger partial charge in [0.2, 0.25) is 0 Å². The largest absolute Gasteiger partial charge is 0.505 e. The molecule has 0 bridgehead atoms. The molecule has 29 heavy (non-hydrogen) atoms. The predicted molar refractivity (Wildman–Crippen MR) is 90.9 cm³/mol. The van der Waals surface area contributed by atoms with Crippen molar-refractivity contribution in [2.45, 2.75) is 18.7 Å². The number of ether oxygens (including phenoxy) is 1. The van der Waals surface area contributed by atoms with E-state index in [4.69, 9.17) is 4.74 Å². The van der Waals surface area contributed by atoms with Crippen LogP contribution in [0.1, 0.15) is 12.5 Å². The molecule has 0 fully saturated rings. The third kappa shape index (κ3) is 5.31. The molecule has 2 aromatic carbocycles. The number of rotatable bonds is 6. The highest BCUT2D eigenvalue weighted by Crippen LogP contribution is 2.37. The zero-order valence-corrected chi connectivity index (χ0v) is 14.7. The lowest BCUT2D eigenvalue weighted by Crippen LogP contribution is -2.45. The summed E-state index contributed by atoms with van der Waals surface area (Å²) >= 11 is 0. The van der Waals surface area contributed by atoms with Crippen LogP contribution in [0, 0.1) is 15.9 Å². The van der Waals surface area contributed by atoms with Crippen LogP contribution >= 0.6 is 0 Å². The molecule has 156 valence electrons. The van der Waals surface area contributed by atoms with Gasteiger partial charge >= 0.3 is 6.18 Å². The Labute approximate surface area is 160 Å². The Bertz CT molecular complexity index is 946. The first kappa shape index (κ1) is 21.9. The Balaban J connectivity index is 2.15. The van der Waals surface area contributed by atoms with Gasteiger partial charge in [-0.25, -0.2) is 4.39 Å². The fraction of sp³-hybridized carbons (Fsp3) is 0.235. The quantitative estimate of drug-likeness (QED) is 0.376. The van der Waals surface area contributed by atoms with Crippen LogP contribution in [-0.2, 0) is 11.0 Å². The molecule has 0 aromatic heterocycles. The maximum absolute atomic E-state index is 13.0. The first-order chi connectivity index (χ1) is 13.3. The standard InChI is InChI=1S/C17H14F4N2O6/c1-16(26,8-29-10-3-4-12(18)14(24)7-10)15(25)22-9-2-5-13(23(27)28)11(6-9)17(19,20)21/h2-7,24,26H,8H2,1H3,(H,22,25)/t16-/m0/s1. The molecule has 2 aromatic rings. The predicted octanol–water partition coefficient (Wildman–Crippen LogP) is 3.23. The molecule has 0 saturated carbocycles. The van der Waals surface area contributed by atoms with E-state index in [1.54, 1.807) is 0 Å². The third-order valence-corrected chi connectivity index (χ3v) is 3.68. The molecule has 0 radical (unpaired) electrons. The fourth-order valence-electron chi connectivity index (χ4n) is 2.14. The molecule has 0 unspecified atom stereocenters. The van der Waals surface area contributed by atoms with Crippen molar-refractivity contribution in [3.63, 3.8) is 0 Å². The SMILES string of the molecule is C[C@](O)(COc1ccc(F)c(O)c1)C(=O)Nc1ccc([N+](=O)[O-])c(C(F)(F)F)c1. The summed E-state index contributed by atoms with van der Waals surface area (Å²) in [6.45, 7) is 0.310. The average Bonchev–Trinajstić information content (AvgIpc) is 2.61. The molecule has 0 aliphatic heterocycles. The minimum Gasteiger partial charge on any atom is -0.505 e. The maximum Gasteiger partial charge on any atom is 0.423 e. The summed E-state index contributed by atoms with van der Waals surface area (Å²) < 4.78 is 57.1. The topological polar surface area (TPSA) is 122 Å². The van der Waals surface area contributed by atoms with E-state index >= 15 is 0 Å². The Morgan fingerprint density at radius 1 is 1.24 bits per heavy atom. The highest BCUT2D eigenvalue weighted by molar-refractivity contribution is 5.97. The minimum atomic E-state index is -5.04. The van der Waals surface area contributed by atoms with Crippen LogP contribution in [0.5, 0.6) is 11.5 Å². The first-order valence-electron chi connectivity index (χ1n) is 7.82. The molecule has 1 atom stereocenters. The van der Waals surface area contributed by atoms with Crippen molar-refractivity contribution in [1.29, 1.82) is 0 Å². The van der Waals surface area contributed by atoms with Gasteiger partial charge in [0.1, 0.15) is 17.9 Å². The van der Waals surface area contributed by atoms with E-state index < -0.39 is 57.7 Å². The van der Waals surface area contributed by atoms with Gasteiger partial charge in [0.25, 0.3) is 11.6 Å². The number of phenolic OH excluding ortho intramolecular Hbond substituents is 1. The number of aliphatic hydroxyl groups is 1. The number of alkyl halides is 3. The maximum atomic E-state index is 13.0. The van der Waals surface area contributed by atoms with E-state index in [0.29, 0.717) is 12.1 Å². The van der Waals surface area contributed by atoms with Crippen molar-refractivity contribution >= 4 is 17.3 Å². The van der Waals surface area contributed by atoms with Crippen LogP contribution in [0.25, 0.3) is 0 Å². The number of aromatic hydroxyl groups is 1. The van der Waals surface area contributed by atoms with Crippen molar-refractivity contribution in [3.8, 4) is 11.5 Å². The first-order valence-corrected chi connectivity index (χ1v) is 7.82. The molecular formula is C17H14F4N2O6. The van der Waals surface area contributed by atoms with Crippen LogP contribution in [0.3, 0.4) is 0 Å². The summed E-state index contributed by atoms with van der Waals surface area (Å²) in [6, 6.07) is 4.72. The summed E-state index contributed by atoms with van der Waals surface area (Å²) in [5, 5.41) is 32.2. The van der Waals surface area contributed by atoms with Crippen LogP contribution < -0.4 is 10.1 Å². The zero-order valence-electron chi connectivity index (χ0n) is 14.7. The Hall–Kier alpha value is -3.41. The number of carbonyl (C=O) groups excluding carboxylic acids is 1. The Morgan fingerprint density at radius 2 is 1.90 bits per heavy atom. The summed E-state index contributed by atoms with van der Waals surface area (Å²) in [5.41, 5.74) is -5.45. The summed E-state index contributed by atoms with van der Waals surface area (Å²) in [7, 11) is 0. The van der Waals surface area contributed by atoms with Crippen LogP contribution in [0.2, 0.25) is 0 Å². The number of nitrogens with one attached hydrogen (secondary N) is 1. The molecule has 3 N–H and O–H groups in total. The van der Waals surface area contributed by atoms with Crippen molar-refractivity contribution in [2.24, 2.45) is 0 Å². The Morgan fingerprint density at radius 3 is 2.45 bits per heavy atom. The average molecular weight is 418 g/mol. The van der Waals surface area contributed by atoms with E-state index in [9.17, 15) is 42.7 Å². The molecule has 0 heterocycles. The van der Waals surface area contributed by atoms with Crippen molar-refractivity contribution in [1.82, 2.24) is 0 Å². The number of nitro benzene ring substituents is 1. The van der Waals surface area contributed by atoms with Crippen molar-refractivity contribution < 1.29 is 42.2 Å². The molecule has 12 heteroatoms. The van der Waals surface area contributed by atoms with E-state index in [0.717, 1.165) is 31.2 Å². The van der Waals surface area contributed by atoms with Crippen molar-refractivity contribution in [3.05, 3.63) is 57.9 Å². The minimum absolute atomic E-state index is 0.0772. The molecule has 0 saturated heterocycles. The lowest BCUT2D eigenvalue weighted by atomic mass is 10.1. The lowest BCUT2D eigenvalue weighted by molar-refractivity contribution is -0.388. The van der Waals surface area contributed by atoms with Gasteiger partial charge in [-0.15, -0.1) is 0 Å². The number of nitrogens with zero attached hydrogens (tertiary/aromatic N) is 1. The Kier molecular flexibility index (Phi) is 5.97. The molecular weight excluding hydrogens is 404 g/mol. The third-order valence-electron chi connectivity index (χ3n) is 3.68. The smallest absolute Gasteiger partial charge is 0.423 e. The number of halogens is 4. The number of carbonyl (C=O) groups is 1. The normalized spacial score (nSPS) is 13.4. The van der Waals surface area contributed by atoms with Gasteiger partial charge in [0, 0.05) is 17.8 Å². The highest BCUT2D eigenvalue weighted by Gasteiger charge is 2.39. The summed E-state index contributed by atoms with van der Waals surface area (Å²) in [4.78, 5) is 21.7. The van der Waals surface area contributed by atoms with E-state index in [-0.39, 0.29) is 5.75 Å². The second kappa shape index (κ2) is 7.91. The number of anilines is 1. The van der Waals surface area contributed by atoms with Crippen LogP contribution in [-0.4, -0.2) is 33.3 Å². The van der Waals surface area contributed by atoms with E-state index in [1.807, 2.05) is 5.32 Å². The number of hydrogen-bond acceptors (Lipinski definition) is 6. The van der Waals surface area contributed by atoms with Crippen LogP contribution in [0.15, 0.2) is 36.4 Å². The summed E-state index contributed by atoms with van der Waals surface area (Å²) in [6.07, 6.45) is -5.04. The van der Waals surface area contributed by atoms with E-state index in [2.05, 4.69) is 0 Å². The molecule has 2 rings (SSSR count). The number of amides is 1. The number of nitro groups is 1. The van der Waals surface area contributed by atoms with Crippen LogP contribution in [0.4, 0.5) is 28.9 Å². The number of benzene rings is 2. The van der Waals surface area contributed by atoms with Gasteiger partial charge in [0.05, 0.1) is 4.92 Å². The molecule has 0 spiro atoms. The number of phenols is 1. The molecule has 0 aliphatic carbocycles. The van der Waals surface area contributed by atoms with Crippen molar-refractivity contribution in [2.75, 3.05) is 11.9 Å². The molecule has 1 amide bonds. The monoisotopic (exact) mass is 418 g/mol. The van der Waals surface area contributed by atoms with Gasteiger partial charge in [-0.1, -0.05) is 0 Å². The lowest BCUT2D eigenvalue weighted by Gasteiger charge is -2.23. The number of hydrogen-bond donors (Lipinski definition) is 3. The second-order valence-electron chi connectivity index (χ2n) is 6.12. The van der Waals surface area contributed by atoms with Gasteiger partial charge in [-0.3, -0.25) is 14.9 Å². The molecule has 8 nitrogen and oxygen atoms in total. The van der Waals surface area contributed by atoms with E-state index in [1.165, 1.54) is 0 Å². The van der Waals surface area contributed by atoms with Gasteiger partial charge in [0.15, 0.2) is 17.2 Å². The van der Waals surface area contributed by atoms with Gasteiger partial charge in [-0.05, 0) is 31.2 Å². The highest BCUT2D eigenvalue weighted by atomic mass is 19.4. The fourth-order valence-corrected chi connectivity index (χ4v) is 2.14. The molecule has 0 aliphatic rings. The van der Waals surface area contributed by atoms with Gasteiger partial charge in [-0.2, -0.15) is 13.2 Å². The summed E-state index contributed by atoms with van der Waals surface area (Å²) in [5.74, 6) is -2.88. The van der Waals surface area contributed by atoms with Gasteiger partial charge < -0.3 is 20.3 Å². The second-order valence-corrected chi connectivity index (χ2v) is 6.12.